The van der Waals surface area contributed by atoms with Crippen LogP contribution in [0.4, 0.5) is 0 Å². The molecule has 1 aromatic carbocycles. The average molecular weight is 295 g/mol. The maximum absolute atomic E-state index is 9.72. The van der Waals surface area contributed by atoms with Crippen molar-refractivity contribution in [3.8, 4) is 17.3 Å². The van der Waals surface area contributed by atoms with Crippen molar-refractivity contribution in [2.24, 2.45) is 0 Å². The zero-order valence-electron chi connectivity index (χ0n) is 9.92. The molecule has 2 aromatic rings. The van der Waals surface area contributed by atoms with E-state index in [0.29, 0.717) is 0 Å². The van der Waals surface area contributed by atoms with Gasteiger partial charge in [0, 0.05) is 10.0 Å². The number of aromatic nitrogens is 2. The van der Waals surface area contributed by atoms with Crippen LogP contribution in [-0.4, -0.2) is 15.1 Å². The van der Waals surface area contributed by atoms with Gasteiger partial charge in [0.15, 0.2) is 0 Å². The van der Waals surface area contributed by atoms with Gasteiger partial charge in [-0.15, -0.1) is 0 Å². The summed E-state index contributed by atoms with van der Waals surface area (Å²) in [5.41, 5.74) is 2.95. The lowest BCUT2D eigenvalue weighted by Crippen LogP contribution is -1.87. The molecule has 0 spiro atoms. The summed E-state index contributed by atoms with van der Waals surface area (Å²) < 4.78 is 1.04. The number of aryl methyl sites for hydroxylation is 2. The van der Waals surface area contributed by atoms with Crippen molar-refractivity contribution in [3.05, 3.63) is 33.9 Å². The summed E-state index contributed by atoms with van der Waals surface area (Å²) in [4.78, 5) is 7.36. The molecule has 90 valence electrons. The molecule has 0 unspecified atom stereocenters. The summed E-state index contributed by atoms with van der Waals surface area (Å²) in [6.45, 7) is 4.10. The molecule has 0 saturated heterocycles. The van der Waals surface area contributed by atoms with Gasteiger partial charge >= 0.3 is 0 Å². The van der Waals surface area contributed by atoms with E-state index in [0.717, 1.165) is 40.0 Å². The highest BCUT2D eigenvalue weighted by atomic mass is 79.9. The van der Waals surface area contributed by atoms with Gasteiger partial charge in [-0.2, -0.15) is 4.98 Å². The number of benzene rings is 1. The Hall–Kier alpha value is -1.29. The minimum absolute atomic E-state index is 0.115. The van der Waals surface area contributed by atoms with Gasteiger partial charge in [0.2, 0.25) is 5.88 Å². The number of rotatable bonds is 3. The maximum atomic E-state index is 9.72. The number of halogens is 1. The molecule has 0 saturated carbocycles. The first-order valence-corrected chi connectivity index (χ1v) is 6.45. The largest absolute Gasteiger partial charge is 0.492 e. The highest BCUT2D eigenvalue weighted by molar-refractivity contribution is 9.10. The van der Waals surface area contributed by atoms with Crippen LogP contribution in [0.3, 0.4) is 0 Å². The number of aromatic amines is 1. The summed E-state index contributed by atoms with van der Waals surface area (Å²) >= 11 is 3.43. The Balaban J connectivity index is 2.42. The lowest BCUT2D eigenvalue weighted by atomic mass is 10.1. The second kappa shape index (κ2) is 4.92. The number of nitrogens with zero attached hydrogens (tertiary/aromatic N) is 1. The van der Waals surface area contributed by atoms with E-state index < -0.39 is 0 Å². The first-order chi connectivity index (χ1) is 8.11. The van der Waals surface area contributed by atoms with Crippen LogP contribution in [0.2, 0.25) is 0 Å². The first kappa shape index (κ1) is 12.2. The molecule has 0 fully saturated rings. The zero-order valence-corrected chi connectivity index (χ0v) is 11.5. The van der Waals surface area contributed by atoms with Gasteiger partial charge < -0.3 is 10.1 Å². The van der Waals surface area contributed by atoms with Gasteiger partial charge in [-0.05, 0) is 37.1 Å². The normalized spacial score (nSPS) is 10.8. The molecule has 3 nitrogen and oxygen atoms in total. The van der Waals surface area contributed by atoms with E-state index in [1.54, 1.807) is 0 Å². The van der Waals surface area contributed by atoms with Crippen molar-refractivity contribution < 1.29 is 5.11 Å². The summed E-state index contributed by atoms with van der Waals surface area (Å²) in [5.74, 6) is 0.847. The summed E-state index contributed by atoms with van der Waals surface area (Å²) in [5, 5.41) is 9.72. The van der Waals surface area contributed by atoms with Crippen molar-refractivity contribution in [2.75, 3.05) is 0 Å². The lowest BCUT2D eigenvalue weighted by molar-refractivity contribution is 0.449. The van der Waals surface area contributed by atoms with Crippen molar-refractivity contribution >= 4 is 15.9 Å². The molecule has 17 heavy (non-hydrogen) atoms. The standard InChI is InChI=1S/C13H15BrN2O/c1-3-4-11-13(17)16-12(15-11)10-6-5-9(14)7-8(10)2/h5-7,17H,3-4H2,1-2H3,(H,15,16). The molecule has 1 heterocycles. The fourth-order valence-corrected chi connectivity index (χ4v) is 2.32. The van der Waals surface area contributed by atoms with E-state index >= 15 is 0 Å². The van der Waals surface area contributed by atoms with Crippen LogP contribution in [-0.2, 0) is 6.42 Å². The molecule has 0 atom stereocenters. The van der Waals surface area contributed by atoms with Crippen molar-refractivity contribution in [1.29, 1.82) is 0 Å². The minimum Gasteiger partial charge on any atom is -0.492 e. The average Bonchev–Trinajstić information content (AvgIpc) is 2.60. The molecular formula is C13H15BrN2O. The van der Waals surface area contributed by atoms with E-state index in [9.17, 15) is 5.11 Å². The Kier molecular flexibility index (Phi) is 3.52. The third kappa shape index (κ3) is 2.52. The van der Waals surface area contributed by atoms with Crippen LogP contribution in [0.1, 0.15) is 24.6 Å². The van der Waals surface area contributed by atoms with Gasteiger partial charge in [-0.1, -0.05) is 29.3 Å². The molecule has 4 heteroatoms. The molecule has 0 bridgehead atoms. The predicted octanol–water partition coefficient (Wildman–Crippen LogP) is 3.81. The number of nitrogens with one attached hydrogen (secondary N) is 1. The van der Waals surface area contributed by atoms with Crippen LogP contribution < -0.4 is 0 Å². The van der Waals surface area contributed by atoms with E-state index in [-0.39, 0.29) is 5.88 Å². The fourth-order valence-electron chi connectivity index (χ4n) is 1.84. The van der Waals surface area contributed by atoms with E-state index in [1.165, 1.54) is 0 Å². The van der Waals surface area contributed by atoms with Gasteiger partial charge in [-0.3, -0.25) is 0 Å². The summed E-state index contributed by atoms with van der Waals surface area (Å²) in [7, 11) is 0. The highest BCUT2D eigenvalue weighted by Crippen LogP contribution is 2.27. The first-order valence-electron chi connectivity index (χ1n) is 5.66. The number of hydrogen-bond donors (Lipinski definition) is 2. The Labute approximate surface area is 109 Å². The van der Waals surface area contributed by atoms with Gasteiger partial charge in [0.1, 0.15) is 5.82 Å². The maximum Gasteiger partial charge on any atom is 0.232 e. The third-order valence-corrected chi connectivity index (χ3v) is 3.19. The second-order valence-corrected chi connectivity index (χ2v) is 5.01. The van der Waals surface area contributed by atoms with Crippen molar-refractivity contribution in [1.82, 2.24) is 9.97 Å². The molecule has 2 rings (SSSR count). The summed E-state index contributed by atoms with van der Waals surface area (Å²) in [6, 6.07) is 6.00. The second-order valence-electron chi connectivity index (χ2n) is 4.10. The quantitative estimate of drug-likeness (QED) is 0.904. The predicted molar refractivity (Wildman–Crippen MR) is 72.1 cm³/mol. The topological polar surface area (TPSA) is 48.9 Å². The highest BCUT2D eigenvalue weighted by Gasteiger charge is 2.11. The SMILES string of the molecule is CCCc1[nH]c(-c2ccc(Br)cc2C)nc1O. The molecule has 0 radical (unpaired) electrons. The van der Waals surface area contributed by atoms with Gasteiger partial charge in [0.25, 0.3) is 0 Å². The number of hydrogen-bond acceptors (Lipinski definition) is 2. The van der Waals surface area contributed by atoms with Crippen LogP contribution in [0.25, 0.3) is 11.4 Å². The lowest BCUT2D eigenvalue weighted by Gasteiger charge is -2.02. The smallest absolute Gasteiger partial charge is 0.232 e. The fraction of sp³-hybridized carbons (Fsp3) is 0.308. The summed E-state index contributed by atoms with van der Waals surface area (Å²) in [6.07, 6.45) is 1.79. The number of imidazole rings is 1. The third-order valence-electron chi connectivity index (χ3n) is 2.70. The van der Waals surface area contributed by atoms with Crippen LogP contribution in [0.5, 0.6) is 5.88 Å². The molecule has 0 aliphatic heterocycles. The molecular weight excluding hydrogens is 280 g/mol. The Morgan fingerprint density at radius 1 is 1.41 bits per heavy atom. The van der Waals surface area contributed by atoms with Crippen LogP contribution >= 0.6 is 15.9 Å². The molecule has 1 aromatic heterocycles. The monoisotopic (exact) mass is 294 g/mol. The van der Waals surface area contributed by atoms with Gasteiger partial charge in [0.05, 0.1) is 5.69 Å². The van der Waals surface area contributed by atoms with Crippen molar-refractivity contribution in [2.45, 2.75) is 26.7 Å². The molecule has 0 aliphatic carbocycles. The molecule has 2 N–H and O–H groups in total. The number of aromatic hydroxyl groups is 1. The molecule has 0 aliphatic rings. The number of H-pyrrole nitrogens is 1. The van der Waals surface area contributed by atoms with Crippen LogP contribution in [0.15, 0.2) is 22.7 Å². The van der Waals surface area contributed by atoms with Gasteiger partial charge in [-0.25, -0.2) is 0 Å². The Morgan fingerprint density at radius 2 is 2.18 bits per heavy atom. The zero-order chi connectivity index (χ0) is 12.4. The molecule has 0 amide bonds. The van der Waals surface area contributed by atoms with Crippen molar-refractivity contribution in [3.63, 3.8) is 0 Å². The minimum atomic E-state index is 0.115. The van der Waals surface area contributed by atoms with E-state index in [1.807, 2.05) is 25.1 Å². The Bertz CT molecular complexity index is 534. The van der Waals surface area contributed by atoms with Crippen LogP contribution in [0, 0.1) is 6.92 Å². The van der Waals surface area contributed by atoms with E-state index in [4.69, 9.17) is 0 Å². The van der Waals surface area contributed by atoms with E-state index in [2.05, 4.69) is 32.8 Å². The Morgan fingerprint density at radius 3 is 2.82 bits per heavy atom.